The topological polar surface area (TPSA) is 74.8 Å². The summed E-state index contributed by atoms with van der Waals surface area (Å²) in [6, 6.07) is 10.9. The Balaban J connectivity index is 1.73. The number of rotatable bonds is 1. The highest BCUT2D eigenvalue weighted by Gasteiger charge is 2.26. The summed E-state index contributed by atoms with van der Waals surface area (Å²) >= 11 is 6.31. The molecule has 1 aromatic carbocycles. The van der Waals surface area contributed by atoms with Gasteiger partial charge in [-0.3, -0.25) is 14.5 Å². The Bertz CT molecular complexity index is 1000. The first-order valence-electron chi connectivity index (χ1n) is 7.46. The zero-order chi connectivity index (χ0) is 16.7. The average molecular weight is 338 g/mol. The summed E-state index contributed by atoms with van der Waals surface area (Å²) in [4.78, 5) is 19.0. The van der Waals surface area contributed by atoms with Crippen LogP contribution in [-0.4, -0.2) is 32.1 Å². The molecular formula is C17H12ClN5O. The molecule has 1 amide bonds. The Morgan fingerprint density at radius 3 is 3.00 bits per heavy atom. The van der Waals surface area contributed by atoms with E-state index in [0.29, 0.717) is 35.9 Å². The molecule has 4 rings (SSSR count). The van der Waals surface area contributed by atoms with E-state index in [1.54, 1.807) is 40.0 Å². The number of pyridine rings is 1. The van der Waals surface area contributed by atoms with E-state index in [1.807, 2.05) is 12.1 Å². The van der Waals surface area contributed by atoms with E-state index >= 15 is 0 Å². The molecule has 0 spiro atoms. The second-order valence-electron chi connectivity index (χ2n) is 5.58. The third-order valence-corrected chi connectivity index (χ3v) is 4.46. The number of aromatic nitrogens is 3. The molecule has 0 unspecified atom stereocenters. The van der Waals surface area contributed by atoms with Crippen molar-refractivity contribution in [1.82, 2.24) is 19.7 Å². The molecule has 6 nitrogen and oxygen atoms in total. The van der Waals surface area contributed by atoms with Crippen LogP contribution in [0.5, 0.6) is 0 Å². The molecule has 1 aliphatic rings. The number of carbonyl (C=O) groups is 1. The van der Waals surface area contributed by atoms with E-state index in [4.69, 9.17) is 16.9 Å². The Morgan fingerprint density at radius 1 is 1.29 bits per heavy atom. The van der Waals surface area contributed by atoms with Crippen LogP contribution < -0.4 is 0 Å². The number of amides is 1. The molecule has 0 atom stereocenters. The average Bonchev–Trinajstić information content (AvgIpc) is 3.03. The molecule has 0 bridgehead atoms. The first-order chi connectivity index (χ1) is 11.7. The zero-order valence-electron chi connectivity index (χ0n) is 12.6. The van der Waals surface area contributed by atoms with Gasteiger partial charge < -0.3 is 4.90 Å². The first-order valence-corrected chi connectivity index (χ1v) is 7.84. The van der Waals surface area contributed by atoms with Gasteiger partial charge in [-0.05, 0) is 24.3 Å². The lowest BCUT2D eigenvalue weighted by Gasteiger charge is -2.28. The van der Waals surface area contributed by atoms with E-state index in [1.165, 1.54) is 0 Å². The zero-order valence-corrected chi connectivity index (χ0v) is 13.4. The summed E-state index contributed by atoms with van der Waals surface area (Å²) in [7, 11) is 0. The number of fused-ring (bicyclic) bond motifs is 2. The SMILES string of the molecule is N#Cc1cc2n(n1)CCN(C(=O)c1c(Cl)ccc3ncccc13)C2. The van der Waals surface area contributed by atoms with Gasteiger partial charge in [-0.15, -0.1) is 0 Å². The second-order valence-corrected chi connectivity index (χ2v) is 5.98. The van der Waals surface area contributed by atoms with Crippen molar-refractivity contribution in [3.63, 3.8) is 0 Å². The number of nitrogens with zero attached hydrogens (tertiary/aromatic N) is 5. The molecule has 0 saturated carbocycles. The predicted octanol–water partition coefficient (Wildman–Crippen LogP) is 2.61. The van der Waals surface area contributed by atoms with Crippen LogP contribution in [0.15, 0.2) is 36.5 Å². The fraction of sp³-hybridized carbons (Fsp3) is 0.176. The highest BCUT2D eigenvalue weighted by molar-refractivity contribution is 6.35. The Labute approximate surface area is 142 Å². The summed E-state index contributed by atoms with van der Waals surface area (Å²) in [5, 5.41) is 14.3. The highest BCUT2D eigenvalue weighted by Crippen LogP contribution is 2.27. The van der Waals surface area contributed by atoms with E-state index in [0.717, 1.165) is 16.6 Å². The minimum Gasteiger partial charge on any atom is -0.331 e. The summed E-state index contributed by atoms with van der Waals surface area (Å²) in [6.07, 6.45) is 1.69. The van der Waals surface area contributed by atoms with Crippen molar-refractivity contribution >= 4 is 28.4 Å². The van der Waals surface area contributed by atoms with Crippen molar-refractivity contribution in [2.24, 2.45) is 0 Å². The molecule has 1 aliphatic heterocycles. The lowest BCUT2D eigenvalue weighted by molar-refractivity contribution is 0.0708. The number of hydrogen-bond donors (Lipinski definition) is 0. The summed E-state index contributed by atoms with van der Waals surface area (Å²) < 4.78 is 1.77. The summed E-state index contributed by atoms with van der Waals surface area (Å²) in [6.45, 7) is 1.48. The minimum absolute atomic E-state index is 0.135. The quantitative estimate of drug-likeness (QED) is 0.684. The van der Waals surface area contributed by atoms with E-state index in [-0.39, 0.29) is 5.91 Å². The van der Waals surface area contributed by atoms with E-state index < -0.39 is 0 Å². The molecule has 0 N–H and O–H groups in total. The molecule has 0 radical (unpaired) electrons. The third kappa shape index (κ3) is 2.30. The van der Waals surface area contributed by atoms with Gasteiger partial charge in [0.1, 0.15) is 6.07 Å². The third-order valence-electron chi connectivity index (χ3n) is 4.15. The summed E-state index contributed by atoms with van der Waals surface area (Å²) in [5.41, 5.74) is 2.42. The number of halogens is 1. The molecule has 0 fully saturated rings. The van der Waals surface area contributed by atoms with Gasteiger partial charge in [0, 0.05) is 18.1 Å². The molecule has 3 heterocycles. The van der Waals surface area contributed by atoms with Crippen molar-refractivity contribution < 1.29 is 4.79 Å². The van der Waals surface area contributed by atoms with E-state index in [9.17, 15) is 4.79 Å². The molecule has 0 aliphatic carbocycles. The number of carbonyl (C=O) groups excluding carboxylic acids is 1. The van der Waals surface area contributed by atoms with Crippen LogP contribution in [0.2, 0.25) is 5.02 Å². The molecule has 118 valence electrons. The molecule has 3 aromatic rings. The van der Waals surface area contributed by atoms with Crippen LogP contribution in [0.25, 0.3) is 10.9 Å². The Hall–Kier alpha value is -2.91. The molecule has 24 heavy (non-hydrogen) atoms. The Kier molecular flexibility index (Phi) is 3.44. The fourth-order valence-corrected chi connectivity index (χ4v) is 3.24. The van der Waals surface area contributed by atoms with Gasteiger partial charge in [-0.1, -0.05) is 17.7 Å². The number of benzene rings is 1. The van der Waals surface area contributed by atoms with Gasteiger partial charge in [-0.2, -0.15) is 10.4 Å². The molecule has 7 heteroatoms. The number of nitriles is 1. The fourth-order valence-electron chi connectivity index (χ4n) is 3.00. The van der Waals surface area contributed by atoms with Crippen LogP contribution >= 0.6 is 11.6 Å². The van der Waals surface area contributed by atoms with Crippen molar-refractivity contribution in [2.45, 2.75) is 13.1 Å². The van der Waals surface area contributed by atoms with Crippen molar-refractivity contribution in [3.05, 3.63) is 58.5 Å². The lowest BCUT2D eigenvalue weighted by atomic mass is 10.1. The first kappa shape index (κ1) is 14.7. The monoisotopic (exact) mass is 337 g/mol. The smallest absolute Gasteiger partial charge is 0.256 e. The normalized spacial score (nSPS) is 13.6. The standard InChI is InChI=1S/C17H12ClN5O/c18-14-3-4-15-13(2-1-5-20-15)16(14)17(24)22-6-7-23-12(10-22)8-11(9-19)21-23/h1-5,8H,6-7,10H2. The maximum atomic E-state index is 13.0. The van der Waals surface area contributed by atoms with Crippen molar-refractivity contribution in [3.8, 4) is 6.07 Å². The van der Waals surface area contributed by atoms with Crippen LogP contribution in [0.1, 0.15) is 21.7 Å². The van der Waals surface area contributed by atoms with Crippen LogP contribution in [0.4, 0.5) is 0 Å². The lowest BCUT2D eigenvalue weighted by Crippen LogP contribution is -2.38. The van der Waals surface area contributed by atoms with Crippen LogP contribution in [0.3, 0.4) is 0 Å². The van der Waals surface area contributed by atoms with Crippen molar-refractivity contribution in [2.75, 3.05) is 6.54 Å². The van der Waals surface area contributed by atoms with Crippen LogP contribution in [-0.2, 0) is 13.1 Å². The summed E-state index contributed by atoms with van der Waals surface area (Å²) in [5.74, 6) is -0.135. The molecular weight excluding hydrogens is 326 g/mol. The van der Waals surface area contributed by atoms with Gasteiger partial charge in [0.15, 0.2) is 5.69 Å². The van der Waals surface area contributed by atoms with Crippen LogP contribution in [0, 0.1) is 11.3 Å². The second kappa shape index (κ2) is 5.62. The van der Waals surface area contributed by atoms with Gasteiger partial charge in [0.2, 0.25) is 0 Å². The maximum absolute atomic E-state index is 13.0. The molecule has 0 saturated heterocycles. The number of hydrogen-bond acceptors (Lipinski definition) is 4. The van der Waals surface area contributed by atoms with Gasteiger partial charge in [0.05, 0.1) is 34.9 Å². The van der Waals surface area contributed by atoms with Gasteiger partial charge in [0.25, 0.3) is 5.91 Å². The highest BCUT2D eigenvalue weighted by atomic mass is 35.5. The minimum atomic E-state index is -0.135. The Morgan fingerprint density at radius 2 is 2.17 bits per heavy atom. The van der Waals surface area contributed by atoms with Gasteiger partial charge in [-0.25, -0.2) is 0 Å². The van der Waals surface area contributed by atoms with Crippen molar-refractivity contribution in [1.29, 1.82) is 5.26 Å². The van der Waals surface area contributed by atoms with E-state index in [2.05, 4.69) is 10.1 Å². The maximum Gasteiger partial charge on any atom is 0.256 e. The van der Waals surface area contributed by atoms with Gasteiger partial charge >= 0.3 is 0 Å². The largest absolute Gasteiger partial charge is 0.331 e. The predicted molar refractivity (Wildman–Crippen MR) is 88.4 cm³/mol. The molecule has 2 aromatic heterocycles.